The fraction of sp³-hybridized carbons (Fsp3) is 0.400. The van der Waals surface area contributed by atoms with Crippen LogP contribution >= 0.6 is 0 Å². The second-order valence-electron chi connectivity index (χ2n) is 4.64. The Morgan fingerprint density at radius 1 is 1.25 bits per heavy atom. The fourth-order valence-electron chi connectivity index (χ4n) is 1.77. The highest BCUT2D eigenvalue weighted by Gasteiger charge is 2.04. The number of nitrogens with one attached hydrogen (secondary N) is 1. The van der Waals surface area contributed by atoms with Gasteiger partial charge in [-0.25, -0.2) is 4.98 Å². The highest BCUT2D eigenvalue weighted by molar-refractivity contribution is 5.32. The Morgan fingerprint density at radius 2 is 2.10 bits per heavy atom. The van der Waals surface area contributed by atoms with Gasteiger partial charge in [0, 0.05) is 18.0 Å². The van der Waals surface area contributed by atoms with E-state index < -0.39 is 0 Å². The second kappa shape index (κ2) is 6.84. The van der Waals surface area contributed by atoms with Gasteiger partial charge in [0.2, 0.25) is 11.8 Å². The molecule has 2 aromatic heterocycles. The second-order valence-corrected chi connectivity index (χ2v) is 4.64. The lowest BCUT2D eigenvalue weighted by Crippen LogP contribution is -2.08. The number of pyridine rings is 1. The summed E-state index contributed by atoms with van der Waals surface area (Å²) in [6, 6.07) is 5.81. The van der Waals surface area contributed by atoms with Crippen molar-refractivity contribution in [2.45, 2.75) is 33.7 Å². The third kappa shape index (κ3) is 3.91. The van der Waals surface area contributed by atoms with Crippen LogP contribution in [0.25, 0.3) is 0 Å². The molecule has 20 heavy (non-hydrogen) atoms. The smallest absolute Gasteiger partial charge is 0.226 e. The van der Waals surface area contributed by atoms with E-state index in [-0.39, 0.29) is 0 Å². The van der Waals surface area contributed by atoms with Gasteiger partial charge in [0.05, 0.1) is 18.8 Å². The molecule has 0 unspecified atom stereocenters. The molecular weight excluding hydrogens is 252 g/mol. The molecule has 0 saturated carbocycles. The van der Waals surface area contributed by atoms with Crippen LogP contribution < -0.4 is 10.1 Å². The lowest BCUT2D eigenvalue weighted by atomic mass is 10.2. The van der Waals surface area contributed by atoms with Crippen molar-refractivity contribution in [2.24, 2.45) is 0 Å². The molecule has 0 amide bonds. The van der Waals surface area contributed by atoms with E-state index in [1.54, 1.807) is 6.20 Å². The van der Waals surface area contributed by atoms with Crippen LogP contribution in [0, 0.1) is 13.8 Å². The summed E-state index contributed by atoms with van der Waals surface area (Å²) in [4.78, 5) is 13.0. The number of hydrogen-bond acceptors (Lipinski definition) is 5. The Bertz CT molecular complexity index is 572. The zero-order valence-corrected chi connectivity index (χ0v) is 12.2. The van der Waals surface area contributed by atoms with Crippen molar-refractivity contribution in [3.63, 3.8) is 0 Å². The molecule has 2 aromatic rings. The van der Waals surface area contributed by atoms with Crippen LogP contribution in [0.1, 0.15) is 30.3 Å². The highest BCUT2D eigenvalue weighted by Crippen LogP contribution is 2.13. The lowest BCUT2D eigenvalue weighted by molar-refractivity contribution is 0.305. The quantitative estimate of drug-likeness (QED) is 0.876. The summed E-state index contributed by atoms with van der Waals surface area (Å²) in [5.74, 6) is 1.18. The van der Waals surface area contributed by atoms with Crippen molar-refractivity contribution >= 4 is 5.95 Å². The molecule has 2 heterocycles. The summed E-state index contributed by atoms with van der Waals surface area (Å²) in [5, 5.41) is 3.19. The number of aromatic nitrogens is 3. The third-order valence-corrected chi connectivity index (χ3v) is 2.82. The van der Waals surface area contributed by atoms with Crippen LogP contribution in [0.4, 0.5) is 5.95 Å². The number of rotatable bonds is 6. The molecule has 5 nitrogen and oxygen atoms in total. The minimum Gasteiger partial charge on any atom is -0.478 e. The van der Waals surface area contributed by atoms with E-state index >= 15 is 0 Å². The first-order valence-electron chi connectivity index (χ1n) is 6.82. The Labute approximate surface area is 119 Å². The van der Waals surface area contributed by atoms with Gasteiger partial charge in [0.15, 0.2) is 0 Å². The minimum absolute atomic E-state index is 0.571. The number of nitrogens with zero attached hydrogens (tertiary/aromatic N) is 3. The van der Waals surface area contributed by atoms with Gasteiger partial charge in [-0.05, 0) is 31.9 Å². The first-order chi connectivity index (χ1) is 9.69. The van der Waals surface area contributed by atoms with Gasteiger partial charge in [0.25, 0.3) is 0 Å². The summed E-state index contributed by atoms with van der Waals surface area (Å²) in [6.07, 6.45) is 2.75. The molecule has 0 bridgehead atoms. The maximum absolute atomic E-state index is 5.55. The molecule has 106 valence electrons. The van der Waals surface area contributed by atoms with E-state index in [4.69, 9.17) is 4.74 Å². The van der Waals surface area contributed by atoms with Gasteiger partial charge in [-0.1, -0.05) is 13.0 Å². The van der Waals surface area contributed by atoms with Crippen molar-refractivity contribution in [1.82, 2.24) is 15.0 Å². The summed E-state index contributed by atoms with van der Waals surface area (Å²) < 4.78 is 5.55. The monoisotopic (exact) mass is 272 g/mol. The van der Waals surface area contributed by atoms with E-state index in [9.17, 15) is 0 Å². The first kappa shape index (κ1) is 14.2. The third-order valence-electron chi connectivity index (χ3n) is 2.82. The minimum atomic E-state index is 0.571. The molecule has 5 heteroatoms. The lowest BCUT2D eigenvalue weighted by Gasteiger charge is -2.09. The van der Waals surface area contributed by atoms with Gasteiger partial charge in [-0.3, -0.25) is 4.98 Å². The Hall–Kier alpha value is -2.17. The Balaban J connectivity index is 2.05. The molecule has 0 atom stereocenters. The van der Waals surface area contributed by atoms with Crippen molar-refractivity contribution < 1.29 is 4.74 Å². The molecular formula is C15H20N4O. The van der Waals surface area contributed by atoms with Gasteiger partial charge >= 0.3 is 0 Å². The van der Waals surface area contributed by atoms with E-state index in [0.29, 0.717) is 25.0 Å². The summed E-state index contributed by atoms with van der Waals surface area (Å²) >= 11 is 0. The van der Waals surface area contributed by atoms with Crippen molar-refractivity contribution in [2.75, 3.05) is 11.9 Å². The Morgan fingerprint density at radius 3 is 2.85 bits per heavy atom. The molecule has 0 aliphatic heterocycles. The predicted octanol–water partition coefficient (Wildman–Crippen LogP) is 2.89. The van der Waals surface area contributed by atoms with E-state index in [2.05, 4.69) is 27.2 Å². The average Bonchev–Trinajstić information content (AvgIpc) is 2.44. The van der Waals surface area contributed by atoms with Gasteiger partial charge in [0.1, 0.15) is 0 Å². The summed E-state index contributed by atoms with van der Waals surface area (Å²) in [5.41, 5.74) is 3.02. The summed E-state index contributed by atoms with van der Waals surface area (Å²) in [6.45, 7) is 7.30. The number of aryl methyl sites for hydroxylation is 2. The van der Waals surface area contributed by atoms with Crippen LogP contribution in [0.3, 0.4) is 0 Å². The largest absolute Gasteiger partial charge is 0.478 e. The fourth-order valence-corrected chi connectivity index (χ4v) is 1.77. The van der Waals surface area contributed by atoms with Crippen LogP contribution in [0.15, 0.2) is 24.4 Å². The topological polar surface area (TPSA) is 59.9 Å². The molecule has 2 rings (SSSR count). The maximum atomic E-state index is 5.55. The average molecular weight is 272 g/mol. The van der Waals surface area contributed by atoms with Crippen molar-refractivity contribution in [3.05, 3.63) is 41.3 Å². The van der Waals surface area contributed by atoms with Crippen LogP contribution in [-0.2, 0) is 6.54 Å². The van der Waals surface area contributed by atoms with Gasteiger partial charge in [-0.15, -0.1) is 0 Å². The summed E-state index contributed by atoms with van der Waals surface area (Å²) in [7, 11) is 0. The molecule has 0 radical (unpaired) electrons. The number of anilines is 1. The van der Waals surface area contributed by atoms with E-state index in [1.807, 2.05) is 32.0 Å². The van der Waals surface area contributed by atoms with Gasteiger partial charge < -0.3 is 10.1 Å². The standard InChI is InChI=1S/C15H20N4O/c1-4-8-20-14-9-12(3)18-15(19-14)17-10-13-11(2)6-5-7-16-13/h5-7,9H,4,8,10H2,1-3H3,(H,17,18,19). The SMILES string of the molecule is CCCOc1cc(C)nc(NCc2ncccc2C)n1. The highest BCUT2D eigenvalue weighted by atomic mass is 16.5. The van der Waals surface area contributed by atoms with Crippen LogP contribution in [-0.4, -0.2) is 21.6 Å². The van der Waals surface area contributed by atoms with Crippen LogP contribution in [0.5, 0.6) is 5.88 Å². The molecule has 0 saturated heterocycles. The maximum Gasteiger partial charge on any atom is 0.226 e. The number of ether oxygens (including phenoxy) is 1. The Kier molecular flexibility index (Phi) is 4.87. The van der Waals surface area contributed by atoms with Crippen molar-refractivity contribution in [3.8, 4) is 5.88 Å². The molecule has 0 aromatic carbocycles. The molecule has 0 aliphatic rings. The van der Waals surface area contributed by atoms with Gasteiger partial charge in [-0.2, -0.15) is 4.98 Å². The van der Waals surface area contributed by atoms with E-state index in [0.717, 1.165) is 23.4 Å². The predicted molar refractivity (Wildman–Crippen MR) is 78.9 cm³/mol. The molecule has 0 aliphatic carbocycles. The van der Waals surface area contributed by atoms with Crippen molar-refractivity contribution in [1.29, 1.82) is 0 Å². The number of hydrogen-bond donors (Lipinski definition) is 1. The van der Waals surface area contributed by atoms with E-state index in [1.165, 1.54) is 0 Å². The van der Waals surface area contributed by atoms with Crippen LogP contribution in [0.2, 0.25) is 0 Å². The molecule has 0 fully saturated rings. The zero-order chi connectivity index (χ0) is 14.4. The molecule has 1 N–H and O–H groups in total. The normalized spacial score (nSPS) is 10.3. The first-order valence-corrected chi connectivity index (χ1v) is 6.82. The zero-order valence-electron chi connectivity index (χ0n) is 12.2. The molecule has 0 spiro atoms.